The Morgan fingerprint density at radius 3 is 2.31 bits per heavy atom. The predicted octanol–water partition coefficient (Wildman–Crippen LogP) is 2.19. The number of carbonyl (C=O) groups is 2. The Kier molecular flexibility index (Phi) is 7.74. The van der Waals surface area contributed by atoms with Gasteiger partial charge in [-0.2, -0.15) is 5.26 Å². The molecule has 9 nitrogen and oxygen atoms in total. The average molecular weight is 464 g/mol. The molecule has 0 bridgehead atoms. The summed E-state index contributed by atoms with van der Waals surface area (Å²) < 4.78 is 30.5. The van der Waals surface area contributed by atoms with E-state index in [4.69, 9.17) is 15.1 Å². The van der Waals surface area contributed by atoms with Gasteiger partial charge in [-0.15, -0.1) is 0 Å². The van der Waals surface area contributed by atoms with Crippen LogP contribution in [0.3, 0.4) is 0 Å². The molecule has 4 rings (SSSR count). The molecule has 3 fully saturated rings. The third kappa shape index (κ3) is 5.58. The van der Waals surface area contributed by atoms with Crippen molar-refractivity contribution in [3.05, 3.63) is 30.3 Å². The molecular formula is C22H29N3O6S. The van der Waals surface area contributed by atoms with Crippen LogP contribution < -0.4 is 5.32 Å². The topological polar surface area (TPSA) is 137 Å². The lowest BCUT2D eigenvalue weighted by atomic mass is 9.78. The number of nitriles is 1. The molecule has 174 valence electrons. The first-order chi connectivity index (χ1) is 15.3. The molecule has 2 atom stereocenters. The number of carboxylic acid groups (broad SMARTS) is 1. The van der Waals surface area contributed by atoms with Gasteiger partial charge >= 0.3 is 6.09 Å². The normalized spacial score (nSPS) is 24.3. The van der Waals surface area contributed by atoms with Crippen LogP contribution in [0.5, 0.6) is 0 Å². The smallest absolute Gasteiger partial charge is 0.405 e. The average Bonchev–Trinajstić information content (AvgIpc) is 3.28. The van der Waals surface area contributed by atoms with E-state index >= 15 is 0 Å². The summed E-state index contributed by atoms with van der Waals surface area (Å²) in [6.45, 7) is 2.38. The van der Waals surface area contributed by atoms with Gasteiger partial charge < -0.3 is 20.1 Å². The summed E-state index contributed by atoms with van der Waals surface area (Å²) in [5, 5.41) is 18.6. The number of ether oxygens (including phenoxy) is 1. The minimum Gasteiger partial charge on any atom is -0.465 e. The van der Waals surface area contributed by atoms with E-state index in [1.807, 2.05) is 11.0 Å². The van der Waals surface area contributed by atoms with E-state index in [1.54, 1.807) is 30.3 Å². The molecule has 2 aliphatic carbocycles. The molecule has 0 radical (unpaired) electrons. The first kappa shape index (κ1) is 24.0. The van der Waals surface area contributed by atoms with Crippen molar-refractivity contribution < 1.29 is 27.9 Å². The number of amides is 2. The van der Waals surface area contributed by atoms with Crippen molar-refractivity contribution in [1.82, 2.24) is 10.2 Å². The third-order valence-electron chi connectivity index (χ3n) is 6.33. The van der Waals surface area contributed by atoms with Gasteiger partial charge in [0.05, 0.1) is 29.4 Å². The van der Waals surface area contributed by atoms with Gasteiger partial charge in [0.25, 0.3) is 0 Å². The Bertz CT molecular complexity index is 950. The van der Waals surface area contributed by atoms with Crippen LogP contribution in [0.4, 0.5) is 4.79 Å². The molecule has 0 spiro atoms. The van der Waals surface area contributed by atoms with E-state index in [0.717, 1.165) is 6.42 Å². The number of benzene rings is 1. The minimum absolute atomic E-state index is 0.0917. The molecule has 32 heavy (non-hydrogen) atoms. The molecule has 2 saturated carbocycles. The molecule has 0 aromatic heterocycles. The van der Waals surface area contributed by atoms with Crippen molar-refractivity contribution in [2.75, 3.05) is 26.3 Å². The zero-order chi connectivity index (χ0) is 23.2. The van der Waals surface area contributed by atoms with E-state index in [0.29, 0.717) is 63.3 Å². The summed E-state index contributed by atoms with van der Waals surface area (Å²) >= 11 is 0. The molecular weight excluding hydrogens is 434 g/mol. The second kappa shape index (κ2) is 10.3. The first-order valence-electron chi connectivity index (χ1n) is 10.9. The fourth-order valence-electron chi connectivity index (χ4n) is 4.29. The molecule has 1 aromatic rings. The Labute approximate surface area is 188 Å². The molecule has 0 unspecified atom stereocenters. The number of hydrogen-bond acceptors (Lipinski definition) is 6. The Morgan fingerprint density at radius 1 is 1.16 bits per heavy atom. The van der Waals surface area contributed by atoms with Crippen LogP contribution in [0, 0.1) is 17.2 Å². The highest BCUT2D eigenvalue weighted by molar-refractivity contribution is 7.92. The summed E-state index contributed by atoms with van der Waals surface area (Å²) in [6.07, 6.45) is 2.79. The standard InChI is InChI=1S/C16H21NO4S.C6H8N2O2/c18-16(17-8-10-21-11-9-17)13-6-7-15(12-13)22(19,20)14-4-2-1-3-5-14;7-4-6(2-1-3-6)8-5(9)10/h1-5,13,15H,6-12H2;8H,1-3H2,(H,9,10)/t13-,15-;/m1./s1. The van der Waals surface area contributed by atoms with Crippen LogP contribution in [0.25, 0.3) is 0 Å². The maximum atomic E-state index is 12.6. The summed E-state index contributed by atoms with van der Waals surface area (Å²) in [6, 6.07) is 10.5. The highest BCUT2D eigenvalue weighted by Crippen LogP contribution is 2.35. The molecule has 1 saturated heterocycles. The van der Waals surface area contributed by atoms with E-state index < -0.39 is 26.7 Å². The fraction of sp³-hybridized carbons (Fsp3) is 0.591. The lowest BCUT2D eigenvalue weighted by Gasteiger charge is -2.34. The van der Waals surface area contributed by atoms with E-state index in [2.05, 4.69) is 5.32 Å². The Morgan fingerprint density at radius 2 is 1.81 bits per heavy atom. The quantitative estimate of drug-likeness (QED) is 0.698. The molecule has 1 aromatic carbocycles. The van der Waals surface area contributed by atoms with Gasteiger partial charge in [0.1, 0.15) is 5.54 Å². The monoisotopic (exact) mass is 463 g/mol. The van der Waals surface area contributed by atoms with Crippen LogP contribution in [-0.4, -0.2) is 67.5 Å². The number of nitrogens with one attached hydrogen (secondary N) is 1. The molecule has 2 N–H and O–H groups in total. The number of nitrogens with zero attached hydrogens (tertiary/aromatic N) is 2. The molecule has 3 aliphatic rings. The largest absolute Gasteiger partial charge is 0.465 e. The van der Waals surface area contributed by atoms with Crippen molar-refractivity contribution in [2.24, 2.45) is 5.92 Å². The Balaban J connectivity index is 0.000000243. The van der Waals surface area contributed by atoms with Gasteiger partial charge in [0, 0.05) is 19.0 Å². The van der Waals surface area contributed by atoms with E-state index in [-0.39, 0.29) is 11.8 Å². The zero-order valence-corrected chi connectivity index (χ0v) is 18.7. The van der Waals surface area contributed by atoms with Crippen molar-refractivity contribution in [1.29, 1.82) is 5.26 Å². The summed E-state index contributed by atoms with van der Waals surface area (Å²) in [7, 11) is -3.33. The summed E-state index contributed by atoms with van der Waals surface area (Å²) in [5.41, 5.74) is -0.758. The number of sulfone groups is 1. The highest BCUT2D eigenvalue weighted by Gasteiger charge is 2.40. The fourth-order valence-corrected chi connectivity index (χ4v) is 6.14. The zero-order valence-electron chi connectivity index (χ0n) is 17.9. The molecule has 2 amide bonds. The van der Waals surface area contributed by atoms with Crippen LogP contribution in [0.1, 0.15) is 38.5 Å². The van der Waals surface area contributed by atoms with Crippen molar-refractivity contribution in [3.63, 3.8) is 0 Å². The van der Waals surface area contributed by atoms with Crippen LogP contribution in [0.15, 0.2) is 35.2 Å². The van der Waals surface area contributed by atoms with Gasteiger partial charge in [-0.3, -0.25) is 4.79 Å². The van der Waals surface area contributed by atoms with Crippen molar-refractivity contribution in [3.8, 4) is 6.07 Å². The maximum absolute atomic E-state index is 12.6. The highest BCUT2D eigenvalue weighted by atomic mass is 32.2. The molecule has 1 heterocycles. The number of carbonyl (C=O) groups excluding carboxylic acids is 1. The lowest BCUT2D eigenvalue weighted by molar-refractivity contribution is -0.139. The first-order valence-corrected chi connectivity index (χ1v) is 12.4. The van der Waals surface area contributed by atoms with Crippen LogP contribution in [0.2, 0.25) is 0 Å². The van der Waals surface area contributed by atoms with Crippen molar-refractivity contribution >= 4 is 21.8 Å². The van der Waals surface area contributed by atoms with Crippen molar-refractivity contribution in [2.45, 2.75) is 54.2 Å². The molecule has 10 heteroatoms. The number of rotatable bonds is 4. The van der Waals surface area contributed by atoms with E-state index in [9.17, 15) is 18.0 Å². The van der Waals surface area contributed by atoms with Gasteiger partial charge in [-0.05, 0) is 50.7 Å². The predicted molar refractivity (Wildman–Crippen MR) is 116 cm³/mol. The number of morpholine rings is 1. The maximum Gasteiger partial charge on any atom is 0.405 e. The van der Waals surface area contributed by atoms with Crippen LogP contribution >= 0.6 is 0 Å². The second-order valence-corrected chi connectivity index (χ2v) is 10.6. The third-order valence-corrected chi connectivity index (χ3v) is 8.57. The van der Waals surface area contributed by atoms with Gasteiger partial charge in [0.15, 0.2) is 9.84 Å². The minimum atomic E-state index is -3.33. The number of hydrogen-bond donors (Lipinski definition) is 2. The van der Waals surface area contributed by atoms with E-state index in [1.165, 1.54) is 0 Å². The summed E-state index contributed by atoms with van der Waals surface area (Å²) in [5.74, 6) is -0.0735. The van der Waals surface area contributed by atoms with Gasteiger partial charge in [-0.25, -0.2) is 13.2 Å². The van der Waals surface area contributed by atoms with Gasteiger partial charge in [-0.1, -0.05) is 18.2 Å². The lowest BCUT2D eigenvalue weighted by Crippen LogP contribution is -2.51. The van der Waals surface area contributed by atoms with Gasteiger partial charge in [0.2, 0.25) is 5.91 Å². The second-order valence-electron chi connectivity index (χ2n) is 8.41. The summed E-state index contributed by atoms with van der Waals surface area (Å²) in [4.78, 5) is 24.8. The van der Waals surface area contributed by atoms with Crippen LogP contribution in [-0.2, 0) is 19.4 Å². The SMILES string of the molecule is N#CC1(NC(=O)O)CCC1.O=C([C@@H]1CC[C@@H](S(=O)(=O)c2ccccc2)C1)N1CCOCC1. The molecule has 1 aliphatic heterocycles. The Hall–Kier alpha value is -2.64.